The van der Waals surface area contributed by atoms with Crippen LogP contribution in [0, 0.1) is 17.0 Å². The van der Waals surface area contributed by atoms with E-state index in [9.17, 15) is 10.1 Å². The van der Waals surface area contributed by atoms with E-state index in [1.165, 1.54) is 6.33 Å². The predicted molar refractivity (Wildman–Crippen MR) is 66.4 cm³/mol. The molecule has 0 saturated heterocycles. The third-order valence-corrected chi connectivity index (χ3v) is 3.38. The van der Waals surface area contributed by atoms with Crippen molar-refractivity contribution in [3.05, 3.63) is 22.3 Å². The third-order valence-electron chi connectivity index (χ3n) is 2.35. The molecule has 0 aromatic carbocycles. The highest BCUT2D eigenvalue weighted by Gasteiger charge is 2.24. The first kappa shape index (κ1) is 13.2. The monoisotopic (exact) mass is 282 g/mol. The lowest BCUT2D eigenvalue weighted by molar-refractivity contribution is -0.387. The lowest BCUT2D eigenvalue weighted by atomic mass is 10.5. The number of aryl methyl sites for hydroxylation is 1. The SMILES string of the molecule is Cc1nnc(Sc2ncnc(NN)c2[N+](=O)[O-])n1C. The summed E-state index contributed by atoms with van der Waals surface area (Å²) in [4.78, 5) is 18.1. The third kappa shape index (κ3) is 2.46. The molecule has 0 aliphatic carbocycles. The summed E-state index contributed by atoms with van der Waals surface area (Å²) in [7, 11) is 1.76. The summed E-state index contributed by atoms with van der Waals surface area (Å²) in [6.07, 6.45) is 1.19. The fraction of sp³-hybridized carbons (Fsp3) is 0.250. The fourth-order valence-electron chi connectivity index (χ4n) is 1.27. The van der Waals surface area contributed by atoms with Crippen molar-refractivity contribution in [1.29, 1.82) is 0 Å². The van der Waals surface area contributed by atoms with E-state index in [1.807, 2.05) is 0 Å². The maximum absolute atomic E-state index is 11.1. The topological polar surface area (TPSA) is 138 Å². The molecule has 0 bridgehead atoms. The second kappa shape index (κ2) is 5.16. The van der Waals surface area contributed by atoms with Crippen LogP contribution in [0.5, 0.6) is 0 Å². The molecule has 11 heteroatoms. The van der Waals surface area contributed by atoms with Gasteiger partial charge in [0.25, 0.3) is 0 Å². The van der Waals surface area contributed by atoms with Gasteiger partial charge < -0.3 is 9.99 Å². The number of hydrazine groups is 1. The van der Waals surface area contributed by atoms with Crippen LogP contribution in [0.25, 0.3) is 0 Å². The van der Waals surface area contributed by atoms with E-state index in [4.69, 9.17) is 5.84 Å². The van der Waals surface area contributed by atoms with Crippen molar-refractivity contribution in [1.82, 2.24) is 24.7 Å². The predicted octanol–water partition coefficient (Wildman–Crippen LogP) is 0.259. The highest BCUT2D eigenvalue weighted by molar-refractivity contribution is 7.99. The maximum Gasteiger partial charge on any atom is 0.345 e. The van der Waals surface area contributed by atoms with Gasteiger partial charge in [0.05, 0.1) is 4.92 Å². The molecule has 0 saturated carbocycles. The summed E-state index contributed by atoms with van der Waals surface area (Å²) in [6, 6.07) is 0. The Morgan fingerprint density at radius 3 is 2.74 bits per heavy atom. The highest BCUT2D eigenvalue weighted by atomic mass is 32.2. The number of aromatic nitrogens is 5. The van der Waals surface area contributed by atoms with Crippen molar-refractivity contribution in [2.24, 2.45) is 12.9 Å². The number of nitrogens with two attached hydrogens (primary N) is 1. The quantitative estimate of drug-likeness (QED) is 0.350. The standard InChI is InChI=1S/C8H10N8O2S/c1-4-13-14-8(15(4)2)19-7-5(16(17)18)6(12-9)10-3-11-7/h3H,9H2,1-2H3,(H,10,11,12). The first-order chi connectivity index (χ1) is 9.04. The molecule has 2 heterocycles. The Hall–Kier alpha value is -2.27. The normalized spacial score (nSPS) is 10.5. The Balaban J connectivity index is 2.45. The minimum Gasteiger partial charge on any atom is -0.309 e. The van der Waals surface area contributed by atoms with Crippen LogP contribution in [0.15, 0.2) is 16.5 Å². The number of rotatable bonds is 4. The van der Waals surface area contributed by atoms with Gasteiger partial charge in [-0.25, -0.2) is 15.8 Å². The van der Waals surface area contributed by atoms with Crippen LogP contribution < -0.4 is 11.3 Å². The smallest absolute Gasteiger partial charge is 0.309 e. The van der Waals surface area contributed by atoms with Crippen molar-refractivity contribution in [2.75, 3.05) is 5.43 Å². The highest BCUT2D eigenvalue weighted by Crippen LogP contribution is 2.35. The zero-order valence-corrected chi connectivity index (χ0v) is 10.9. The van der Waals surface area contributed by atoms with E-state index >= 15 is 0 Å². The van der Waals surface area contributed by atoms with Crippen molar-refractivity contribution in [2.45, 2.75) is 17.1 Å². The molecule has 0 atom stereocenters. The maximum atomic E-state index is 11.1. The molecular formula is C8H10N8O2S. The number of nitrogens with zero attached hydrogens (tertiary/aromatic N) is 6. The molecule has 0 unspecified atom stereocenters. The summed E-state index contributed by atoms with van der Waals surface area (Å²) in [5.74, 6) is 5.83. The van der Waals surface area contributed by atoms with Crippen molar-refractivity contribution in [3.8, 4) is 0 Å². The second-order valence-electron chi connectivity index (χ2n) is 3.47. The van der Waals surface area contributed by atoms with Gasteiger partial charge in [0.2, 0.25) is 5.82 Å². The Labute approximate surface area is 111 Å². The summed E-state index contributed by atoms with van der Waals surface area (Å²) in [5.41, 5.74) is 1.88. The van der Waals surface area contributed by atoms with Crippen molar-refractivity contribution < 1.29 is 4.92 Å². The van der Waals surface area contributed by atoms with E-state index in [1.54, 1.807) is 18.5 Å². The van der Waals surface area contributed by atoms with Gasteiger partial charge in [-0.3, -0.25) is 10.1 Å². The molecule has 2 aromatic heterocycles. The molecule has 0 fully saturated rings. The van der Waals surface area contributed by atoms with Gasteiger partial charge in [-0.15, -0.1) is 10.2 Å². The average molecular weight is 282 g/mol. The first-order valence-corrected chi connectivity index (χ1v) is 5.86. The lowest BCUT2D eigenvalue weighted by Gasteiger charge is -2.04. The fourth-order valence-corrected chi connectivity index (χ4v) is 2.16. The van der Waals surface area contributed by atoms with Crippen LogP contribution in [0.1, 0.15) is 5.82 Å². The molecule has 0 amide bonds. The molecule has 2 rings (SSSR count). The Morgan fingerprint density at radius 1 is 1.47 bits per heavy atom. The van der Waals surface area contributed by atoms with E-state index in [0.29, 0.717) is 11.0 Å². The molecule has 100 valence electrons. The van der Waals surface area contributed by atoms with Crippen LogP contribution in [-0.2, 0) is 7.05 Å². The number of nitrogens with one attached hydrogen (secondary N) is 1. The van der Waals surface area contributed by atoms with Crippen LogP contribution in [0.3, 0.4) is 0 Å². The number of anilines is 1. The van der Waals surface area contributed by atoms with Crippen molar-refractivity contribution >= 4 is 23.3 Å². The molecule has 10 nitrogen and oxygen atoms in total. The number of hydrogen-bond donors (Lipinski definition) is 2. The summed E-state index contributed by atoms with van der Waals surface area (Å²) >= 11 is 1.02. The molecule has 0 radical (unpaired) electrons. The van der Waals surface area contributed by atoms with Gasteiger partial charge in [0, 0.05) is 7.05 Å². The molecule has 2 aromatic rings. The van der Waals surface area contributed by atoms with E-state index < -0.39 is 4.92 Å². The molecular weight excluding hydrogens is 272 g/mol. The van der Waals surface area contributed by atoms with Crippen LogP contribution in [0.4, 0.5) is 11.5 Å². The van der Waals surface area contributed by atoms with Crippen molar-refractivity contribution in [3.63, 3.8) is 0 Å². The van der Waals surface area contributed by atoms with E-state index in [2.05, 4.69) is 25.6 Å². The van der Waals surface area contributed by atoms with Crippen LogP contribution >= 0.6 is 11.8 Å². The minimum absolute atomic E-state index is 0.0543. The molecule has 0 aliphatic rings. The van der Waals surface area contributed by atoms with E-state index in [-0.39, 0.29) is 16.5 Å². The number of hydrogen-bond acceptors (Lipinski definition) is 9. The van der Waals surface area contributed by atoms with E-state index in [0.717, 1.165) is 11.8 Å². The van der Waals surface area contributed by atoms with Crippen LogP contribution in [0.2, 0.25) is 0 Å². The van der Waals surface area contributed by atoms with Gasteiger partial charge in [-0.2, -0.15) is 0 Å². The summed E-state index contributed by atoms with van der Waals surface area (Å²) in [6.45, 7) is 1.78. The second-order valence-corrected chi connectivity index (χ2v) is 4.42. The van der Waals surface area contributed by atoms with Crippen LogP contribution in [-0.4, -0.2) is 29.7 Å². The van der Waals surface area contributed by atoms with Gasteiger partial charge in [0.1, 0.15) is 12.2 Å². The van der Waals surface area contributed by atoms with Gasteiger partial charge in [-0.1, -0.05) is 0 Å². The summed E-state index contributed by atoms with van der Waals surface area (Å²) < 4.78 is 1.70. The first-order valence-electron chi connectivity index (χ1n) is 5.04. The molecule has 3 N–H and O–H groups in total. The zero-order chi connectivity index (χ0) is 14.0. The Bertz CT molecular complexity index is 627. The Morgan fingerprint density at radius 2 is 2.21 bits per heavy atom. The minimum atomic E-state index is -0.596. The largest absolute Gasteiger partial charge is 0.345 e. The average Bonchev–Trinajstić information content (AvgIpc) is 2.70. The van der Waals surface area contributed by atoms with Gasteiger partial charge in [0.15, 0.2) is 10.2 Å². The Kier molecular flexibility index (Phi) is 3.57. The van der Waals surface area contributed by atoms with Gasteiger partial charge in [-0.05, 0) is 18.7 Å². The number of nitro groups is 1. The molecule has 19 heavy (non-hydrogen) atoms. The molecule has 0 spiro atoms. The lowest BCUT2D eigenvalue weighted by Crippen LogP contribution is -2.12. The number of nitrogen functional groups attached to an aromatic ring is 1. The molecule has 0 aliphatic heterocycles. The van der Waals surface area contributed by atoms with Gasteiger partial charge >= 0.3 is 5.69 Å². The summed E-state index contributed by atoms with van der Waals surface area (Å²) in [5, 5.41) is 19.5. The zero-order valence-electron chi connectivity index (χ0n) is 10.1.